The van der Waals surface area contributed by atoms with Crippen molar-refractivity contribution in [2.24, 2.45) is 0 Å². The van der Waals surface area contributed by atoms with E-state index in [2.05, 4.69) is 10.6 Å². The lowest BCUT2D eigenvalue weighted by Crippen LogP contribution is -2.49. The van der Waals surface area contributed by atoms with Crippen LogP contribution in [0.2, 0.25) is 0 Å². The van der Waals surface area contributed by atoms with Crippen molar-refractivity contribution in [2.75, 3.05) is 5.75 Å². The highest BCUT2D eigenvalue weighted by Gasteiger charge is 2.30. The van der Waals surface area contributed by atoms with Gasteiger partial charge in [-0.05, 0) is 12.8 Å². The van der Waals surface area contributed by atoms with E-state index in [4.69, 9.17) is 10.2 Å². The standard InChI is InChI=1S/C10H14N2O6S/c13-7(14)3-1-2-5(9(16)17)11-8(15)6-4-19-10(18)12-6/h5-6H,1-4H2,(H,11,15)(H,12,18)(H,13,14)(H,16,17)/t5-,6?/m1/s1. The number of carboxylic acid groups (broad SMARTS) is 2. The van der Waals surface area contributed by atoms with Crippen LogP contribution in [0.25, 0.3) is 0 Å². The molecule has 1 unspecified atom stereocenters. The lowest BCUT2D eigenvalue weighted by molar-refractivity contribution is -0.142. The summed E-state index contributed by atoms with van der Waals surface area (Å²) in [5.74, 6) is -2.56. The van der Waals surface area contributed by atoms with Gasteiger partial charge in [-0.2, -0.15) is 0 Å². The largest absolute Gasteiger partial charge is 0.481 e. The van der Waals surface area contributed by atoms with E-state index in [0.717, 1.165) is 11.8 Å². The first-order chi connectivity index (χ1) is 8.90. The second-order valence-electron chi connectivity index (χ2n) is 3.98. The van der Waals surface area contributed by atoms with Crippen LogP contribution in [0.3, 0.4) is 0 Å². The zero-order chi connectivity index (χ0) is 14.4. The molecule has 1 rings (SSSR count). The average molecular weight is 290 g/mol. The molecule has 0 bridgehead atoms. The predicted molar refractivity (Wildman–Crippen MR) is 65.8 cm³/mol. The fourth-order valence-corrected chi connectivity index (χ4v) is 2.29. The number of hydrogen-bond acceptors (Lipinski definition) is 5. The molecule has 0 spiro atoms. The molecule has 9 heteroatoms. The lowest BCUT2D eigenvalue weighted by atomic mass is 10.1. The molecule has 106 valence electrons. The van der Waals surface area contributed by atoms with Crippen molar-refractivity contribution in [2.45, 2.75) is 31.3 Å². The van der Waals surface area contributed by atoms with Crippen LogP contribution in [0.1, 0.15) is 19.3 Å². The van der Waals surface area contributed by atoms with Crippen molar-refractivity contribution in [3.05, 3.63) is 0 Å². The van der Waals surface area contributed by atoms with Crippen molar-refractivity contribution in [1.82, 2.24) is 10.6 Å². The molecule has 2 atom stereocenters. The fraction of sp³-hybridized carbons (Fsp3) is 0.600. The summed E-state index contributed by atoms with van der Waals surface area (Å²) in [5.41, 5.74) is 0. The molecule has 1 saturated heterocycles. The van der Waals surface area contributed by atoms with Crippen LogP contribution in [0, 0.1) is 0 Å². The van der Waals surface area contributed by atoms with E-state index < -0.39 is 29.9 Å². The van der Waals surface area contributed by atoms with Crippen LogP contribution >= 0.6 is 11.8 Å². The number of carbonyl (C=O) groups excluding carboxylic acids is 2. The number of nitrogens with one attached hydrogen (secondary N) is 2. The Kier molecular flexibility index (Phi) is 5.61. The van der Waals surface area contributed by atoms with Crippen molar-refractivity contribution in [3.63, 3.8) is 0 Å². The first-order valence-electron chi connectivity index (χ1n) is 5.58. The maximum absolute atomic E-state index is 11.7. The topological polar surface area (TPSA) is 133 Å². The minimum absolute atomic E-state index is 0.0290. The average Bonchev–Trinajstić information content (AvgIpc) is 2.73. The number of rotatable bonds is 7. The Hall–Kier alpha value is -1.77. The van der Waals surface area contributed by atoms with E-state index in [-0.39, 0.29) is 30.3 Å². The third-order valence-corrected chi connectivity index (χ3v) is 3.37. The highest BCUT2D eigenvalue weighted by Crippen LogP contribution is 2.13. The van der Waals surface area contributed by atoms with Gasteiger partial charge in [0.1, 0.15) is 12.1 Å². The Bertz CT molecular complexity index is 399. The van der Waals surface area contributed by atoms with Gasteiger partial charge in [0.15, 0.2) is 0 Å². The maximum Gasteiger partial charge on any atom is 0.326 e. The van der Waals surface area contributed by atoms with Gasteiger partial charge in [-0.15, -0.1) is 0 Å². The van der Waals surface area contributed by atoms with Crippen LogP contribution in [0.4, 0.5) is 4.79 Å². The van der Waals surface area contributed by atoms with Gasteiger partial charge in [0.2, 0.25) is 5.91 Å². The lowest BCUT2D eigenvalue weighted by Gasteiger charge is -2.16. The third kappa shape index (κ3) is 5.16. The van der Waals surface area contributed by atoms with Crippen molar-refractivity contribution in [3.8, 4) is 0 Å². The van der Waals surface area contributed by atoms with E-state index in [1.54, 1.807) is 0 Å². The van der Waals surface area contributed by atoms with Crippen molar-refractivity contribution in [1.29, 1.82) is 0 Å². The molecule has 0 aromatic rings. The molecule has 1 heterocycles. The smallest absolute Gasteiger partial charge is 0.326 e. The van der Waals surface area contributed by atoms with Gasteiger partial charge < -0.3 is 20.8 Å². The van der Waals surface area contributed by atoms with Crippen LogP contribution in [0.15, 0.2) is 0 Å². The zero-order valence-corrected chi connectivity index (χ0v) is 10.7. The van der Waals surface area contributed by atoms with Crippen molar-refractivity contribution >= 4 is 34.8 Å². The SMILES string of the molecule is O=C(O)CCC[C@@H](NC(=O)C1CSC(=O)N1)C(=O)O. The molecule has 19 heavy (non-hydrogen) atoms. The van der Waals surface area contributed by atoms with Gasteiger partial charge in [0, 0.05) is 12.2 Å². The number of aliphatic carboxylic acids is 2. The van der Waals surface area contributed by atoms with E-state index >= 15 is 0 Å². The van der Waals surface area contributed by atoms with Crippen LogP contribution < -0.4 is 10.6 Å². The van der Waals surface area contributed by atoms with E-state index in [1.807, 2.05) is 0 Å². The Morgan fingerprint density at radius 2 is 2.11 bits per heavy atom. The molecule has 1 aliphatic heterocycles. The molecule has 1 aliphatic rings. The molecule has 0 saturated carbocycles. The summed E-state index contributed by atoms with van der Waals surface area (Å²) in [6.07, 6.45) is 0.0230. The maximum atomic E-state index is 11.7. The summed E-state index contributed by atoms with van der Waals surface area (Å²) in [4.78, 5) is 43.9. The quantitative estimate of drug-likeness (QED) is 0.503. The Morgan fingerprint density at radius 3 is 2.58 bits per heavy atom. The van der Waals surface area contributed by atoms with Gasteiger partial charge in [0.25, 0.3) is 5.24 Å². The summed E-state index contributed by atoms with van der Waals surface area (Å²) in [6, 6.07) is -1.88. The second kappa shape index (κ2) is 6.98. The fourth-order valence-electron chi connectivity index (χ4n) is 1.51. The molecular formula is C10H14N2O6S. The van der Waals surface area contributed by atoms with Gasteiger partial charge in [-0.1, -0.05) is 11.8 Å². The Labute approximate surface area is 112 Å². The summed E-state index contributed by atoms with van der Waals surface area (Å²) >= 11 is 0.955. The van der Waals surface area contributed by atoms with Gasteiger partial charge >= 0.3 is 11.9 Å². The number of thioether (sulfide) groups is 1. The first-order valence-corrected chi connectivity index (χ1v) is 6.57. The monoisotopic (exact) mass is 290 g/mol. The van der Waals surface area contributed by atoms with Crippen LogP contribution in [0.5, 0.6) is 0 Å². The highest BCUT2D eigenvalue weighted by molar-refractivity contribution is 8.14. The highest BCUT2D eigenvalue weighted by atomic mass is 32.2. The normalized spacial score (nSPS) is 19.6. The molecule has 2 amide bonds. The van der Waals surface area contributed by atoms with Gasteiger partial charge in [-0.3, -0.25) is 14.4 Å². The molecule has 0 radical (unpaired) electrons. The predicted octanol–water partition coefficient (Wildman–Crippen LogP) is -0.364. The molecule has 8 nitrogen and oxygen atoms in total. The van der Waals surface area contributed by atoms with Crippen LogP contribution in [-0.4, -0.2) is 51.1 Å². The first kappa shape index (κ1) is 15.3. The molecule has 0 aliphatic carbocycles. The van der Waals surface area contributed by atoms with E-state index in [0.29, 0.717) is 0 Å². The van der Waals surface area contributed by atoms with Crippen LogP contribution in [-0.2, 0) is 14.4 Å². The Balaban J connectivity index is 2.44. The third-order valence-electron chi connectivity index (χ3n) is 2.49. The van der Waals surface area contributed by atoms with E-state index in [9.17, 15) is 19.2 Å². The summed E-state index contributed by atoms with van der Waals surface area (Å²) in [7, 11) is 0. The Morgan fingerprint density at radius 1 is 1.42 bits per heavy atom. The number of hydrogen-bond donors (Lipinski definition) is 4. The van der Waals surface area contributed by atoms with Gasteiger partial charge in [-0.25, -0.2) is 4.79 Å². The van der Waals surface area contributed by atoms with Gasteiger partial charge in [0.05, 0.1) is 0 Å². The molecule has 0 aromatic heterocycles. The summed E-state index contributed by atoms with van der Waals surface area (Å²) in [6.45, 7) is 0. The minimum atomic E-state index is -1.23. The molecule has 1 fully saturated rings. The minimum Gasteiger partial charge on any atom is -0.481 e. The second-order valence-corrected chi connectivity index (χ2v) is 4.97. The summed E-state index contributed by atoms with van der Waals surface area (Å²) < 4.78 is 0. The number of amides is 2. The number of carbonyl (C=O) groups is 4. The molecular weight excluding hydrogens is 276 g/mol. The molecule has 4 N–H and O–H groups in total. The van der Waals surface area contributed by atoms with Crippen molar-refractivity contribution < 1.29 is 29.4 Å². The van der Waals surface area contributed by atoms with E-state index in [1.165, 1.54) is 0 Å². The summed E-state index contributed by atoms with van der Waals surface area (Å²) in [5, 5.41) is 21.8. The number of carboxylic acids is 2. The molecule has 0 aromatic carbocycles. The zero-order valence-electron chi connectivity index (χ0n) is 9.92.